The van der Waals surface area contributed by atoms with Gasteiger partial charge in [-0.05, 0) is 36.6 Å². The van der Waals surface area contributed by atoms with Gasteiger partial charge in [-0.2, -0.15) is 0 Å². The van der Waals surface area contributed by atoms with E-state index in [1.165, 1.54) is 11.1 Å². The quantitative estimate of drug-likeness (QED) is 0.842. The predicted molar refractivity (Wildman–Crippen MR) is 62.2 cm³/mol. The van der Waals surface area contributed by atoms with Gasteiger partial charge in [0.2, 0.25) is 0 Å². The van der Waals surface area contributed by atoms with E-state index in [0.717, 1.165) is 12.2 Å². The third-order valence-electron chi connectivity index (χ3n) is 2.32. The Morgan fingerprint density at radius 3 is 2.50 bits per heavy atom. The van der Waals surface area contributed by atoms with Gasteiger partial charge in [0.1, 0.15) is 5.75 Å². The first kappa shape index (κ1) is 13.3. The summed E-state index contributed by atoms with van der Waals surface area (Å²) in [6, 6.07) is 6.16. The van der Waals surface area contributed by atoms with Crippen LogP contribution < -0.4 is 10.5 Å². The normalized spacial score (nSPS) is 11.7. The Hall–Kier alpha value is -0.730. The van der Waals surface area contributed by atoms with Crippen molar-refractivity contribution < 1.29 is 4.74 Å². The molecule has 80 valence electrons. The van der Waals surface area contributed by atoms with Crippen molar-refractivity contribution in [2.75, 3.05) is 7.11 Å². The molecule has 0 spiro atoms. The number of halogens is 1. The van der Waals surface area contributed by atoms with Crippen LogP contribution in [0.1, 0.15) is 30.5 Å². The topological polar surface area (TPSA) is 35.2 Å². The maximum Gasteiger partial charge on any atom is 0.119 e. The van der Waals surface area contributed by atoms with Crippen molar-refractivity contribution in [3.63, 3.8) is 0 Å². The lowest BCUT2D eigenvalue weighted by molar-refractivity contribution is 0.414. The van der Waals surface area contributed by atoms with Crippen molar-refractivity contribution >= 4 is 12.4 Å². The van der Waals surface area contributed by atoms with E-state index in [1.54, 1.807) is 7.11 Å². The Morgan fingerprint density at radius 2 is 2.07 bits per heavy atom. The molecule has 3 heteroatoms. The van der Waals surface area contributed by atoms with E-state index < -0.39 is 0 Å². The fraction of sp³-hybridized carbons (Fsp3) is 0.455. The summed E-state index contributed by atoms with van der Waals surface area (Å²) in [5, 5.41) is 0. The number of hydrogen-bond donors (Lipinski definition) is 1. The van der Waals surface area contributed by atoms with E-state index in [2.05, 4.69) is 13.8 Å². The Bertz CT molecular complexity index is 289. The lowest BCUT2D eigenvalue weighted by Crippen LogP contribution is -2.10. The minimum Gasteiger partial charge on any atom is -0.497 e. The standard InChI is InChI=1S/C11H17NO.ClH/c1-4-11(12)10-6-5-9(13-3)7-8(10)2;/h5-7,11H,4,12H2,1-3H3;1H. The number of hydrogen-bond acceptors (Lipinski definition) is 2. The van der Waals surface area contributed by atoms with E-state index >= 15 is 0 Å². The summed E-state index contributed by atoms with van der Waals surface area (Å²) in [6.07, 6.45) is 0.965. The molecule has 0 radical (unpaired) electrons. The fourth-order valence-electron chi connectivity index (χ4n) is 1.41. The first-order valence-electron chi connectivity index (χ1n) is 4.59. The van der Waals surface area contributed by atoms with E-state index in [9.17, 15) is 0 Å². The van der Waals surface area contributed by atoms with Gasteiger partial charge in [-0.1, -0.05) is 13.0 Å². The molecule has 0 aliphatic carbocycles. The summed E-state index contributed by atoms with van der Waals surface area (Å²) in [5.74, 6) is 0.893. The molecular weight excluding hydrogens is 198 g/mol. The molecular formula is C11H18ClNO. The maximum atomic E-state index is 5.95. The molecule has 0 bridgehead atoms. The number of aryl methyl sites for hydroxylation is 1. The number of rotatable bonds is 3. The molecule has 1 unspecified atom stereocenters. The monoisotopic (exact) mass is 215 g/mol. The average Bonchev–Trinajstić information content (AvgIpc) is 2.16. The fourth-order valence-corrected chi connectivity index (χ4v) is 1.41. The number of methoxy groups -OCH3 is 1. The highest BCUT2D eigenvalue weighted by Gasteiger charge is 2.06. The van der Waals surface area contributed by atoms with Crippen LogP contribution in [0.15, 0.2) is 18.2 Å². The lowest BCUT2D eigenvalue weighted by atomic mass is 10.00. The van der Waals surface area contributed by atoms with Gasteiger partial charge in [0.25, 0.3) is 0 Å². The molecule has 1 atom stereocenters. The molecule has 1 aromatic carbocycles. The van der Waals surface area contributed by atoms with Crippen molar-refractivity contribution in [2.24, 2.45) is 5.73 Å². The Morgan fingerprint density at radius 1 is 1.43 bits per heavy atom. The molecule has 0 fully saturated rings. The van der Waals surface area contributed by atoms with E-state index in [1.807, 2.05) is 18.2 Å². The summed E-state index contributed by atoms with van der Waals surface area (Å²) in [4.78, 5) is 0. The van der Waals surface area contributed by atoms with Gasteiger partial charge in [0.15, 0.2) is 0 Å². The van der Waals surface area contributed by atoms with Crippen LogP contribution in [0.25, 0.3) is 0 Å². The minimum atomic E-state index is 0. The Balaban J connectivity index is 0.00000169. The van der Waals surface area contributed by atoms with Crippen LogP contribution in [0.4, 0.5) is 0 Å². The zero-order valence-electron chi connectivity index (χ0n) is 8.91. The highest BCUT2D eigenvalue weighted by Crippen LogP contribution is 2.22. The molecule has 1 aromatic rings. The first-order valence-corrected chi connectivity index (χ1v) is 4.59. The summed E-state index contributed by atoms with van der Waals surface area (Å²) < 4.78 is 5.12. The number of benzene rings is 1. The Kier molecular flexibility index (Phi) is 5.58. The van der Waals surface area contributed by atoms with Crippen LogP contribution in [0.2, 0.25) is 0 Å². The lowest BCUT2D eigenvalue weighted by Gasteiger charge is -2.13. The van der Waals surface area contributed by atoms with Crippen LogP contribution in [-0.2, 0) is 0 Å². The molecule has 0 aliphatic rings. The van der Waals surface area contributed by atoms with Crippen molar-refractivity contribution in [2.45, 2.75) is 26.3 Å². The summed E-state index contributed by atoms with van der Waals surface area (Å²) in [5.41, 5.74) is 8.36. The second-order valence-corrected chi connectivity index (χ2v) is 3.24. The third-order valence-corrected chi connectivity index (χ3v) is 2.32. The average molecular weight is 216 g/mol. The van der Waals surface area contributed by atoms with Crippen LogP contribution >= 0.6 is 12.4 Å². The minimum absolute atomic E-state index is 0. The highest BCUT2D eigenvalue weighted by molar-refractivity contribution is 5.85. The SMILES string of the molecule is CCC(N)c1ccc(OC)cc1C.Cl. The maximum absolute atomic E-state index is 5.95. The van der Waals surface area contributed by atoms with Gasteiger partial charge in [-0.3, -0.25) is 0 Å². The summed E-state index contributed by atoms with van der Waals surface area (Å²) in [7, 11) is 1.67. The molecule has 0 saturated carbocycles. The van der Waals surface area contributed by atoms with Gasteiger partial charge < -0.3 is 10.5 Å². The molecule has 0 aromatic heterocycles. The molecule has 0 heterocycles. The van der Waals surface area contributed by atoms with Gasteiger partial charge >= 0.3 is 0 Å². The van der Waals surface area contributed by atoms with Crippen molar-refractivity contribution in [1.29, 1.82) is 0 Å². The first-order chi connectivity index (χ1) is 6.19. The molecule has 2 nitrogen and oxygen atoms in total. The predicted octanol–water partition coefficient (Wildman–Crippen LogP) is 2.84. The Labute approximate surface area is 91.9 Å². The van der Waals surface area contributed by atoms with Gasteiger partial charge in [-0.25, -0.2) is 0 Å². The second-order valence-electron chi connectivity index (χ2n) is 3.24. The molecule has 1 rings (SSSR count). The van der Waals surface area contributed by atoms with Gasteiger partial charge in [0.05, 0.1) is 7.11 Å². The largest absolute Gasteiger partial charge is 0.497 e. The molecule has 0 amide bonds. The zero-order chi connectivity index (χ0) is 9.84. The summed E-state index contributed by atoms with van der Waals surface area (Å²) >= 11 is 0. The molecule has 14 heavy (non-hydrogen) atoms. The number of ether oxygens (including phenoxy) is 1. The van der Waals surface area contributed by atoms with Crippen LogP contribution in [0.3, 0.4) is 0 Å². The molecule has 2 N–H and O–H groups in total. The van der Waals surface area contributed by atoms with Crippen molar-refractivity contribution in [1.82, 2.24) is 0 Å². The van der Waals surface area contributed by atoms with Gasteiger partial charge in [-0.15, -0.1) is 12.4 Å². The van der Waals surface area contributed by atoms with Crippen LogP contribution in [-0.4, -0.2) is 7.11 Å². The molecule has 0 saturated heterocycles. The number of nitrogens with two attached hydrogens (primary N) is 1. The second kappa shape index (κ2) is 5.89. The zero-order valence-corrected chi connectivity index (χ0v) is 9.73. The van der Waals surface area contributed by atoms with E-state index in [4.69, 9.17) is 10.5 Å². The third kappa shape index (κ3) is 2.89. The molecule has 0 aliphatic heterocycles. The van der Waals surface area contributed by atoms with Crippen molar-refractivity contribution in [3.05, 3.63) is 29.3 Å². The van der Waals surface area contributed by atoms with Crippen LogP contribution in [0.5, 0.6) is 5.75 Å². The van der Waals surface area contributed by atoms with Gasteiger partial charge in [0, 0.05) is 6.04 Å². The van der Waals surface area contributed by atoms with E-state index in [0.29, 0.717) is 0 Å². The smallest absolute Gasteiger partial charge is 0.119 e. The van der Waals surface area contributed by atoms with E-state index in [-0.39, 0.29) is 18.4 Å². The highest BCUT2D eigenvalue weighted by atomic mass is 35.5. The van der Waals surface area contributed by atoms with Crippen LogP contribution in [0, 0.1) is 6.92 Å². The summed E-state index contributed by atoms with van der Waals surface area (Å²) in [6.45, 7) is 4.15. The van der Waals surface area contributed by atoms with Crippen molar-refractivity contribution in [3.8, 4) is 5.75 Å².